The van der Waals surface area contributed by atoms with E-state index in [9.17, 15) is 0 Å². The summed E-state index contributed by atoms with van der Waals surface area (Å²) in [4.78, 5) is 0. The smallest absolute Gasteiger partial charge is 0.0157 e. The highest BCUT2D eigenvalue weighted by Crippen LogP contribution is 2.25. The number of unbranched alkanes of at least 4 members (excludes halogenated alkanes) is 6. The van der Waals surface area contributed by atoms with Crippen molar-refractivity contribution in [2.24, 2.45) is 11.8 Å². The Balaban J connectivity index is 4.20. The minimum Gasteiger partial charge on any atom is -0.331 e. The number of allylic oxidation sites excluding steroid dienone is 2. The summed E-state index contributed by atoms with van der Waals surface area (Å²) in [7, 11) is 0. The molecule has 0 heterocycles. The highest BCUT2D eigenvalue weighted by atomic mass is 15.2. The Morgan fingerprint density at radius 2 is 1.53 bits per heavy atom. The van der Waals surface area contributed by atoms with Crippen molar-refractivity contribution in [1.29, 1.82) is 0 Å². The van der Waals surface area contributed by atoms with E-state index in [1.165, 1.54) is 69.8 Å². The quantitative estimate of drug-likeness (QED) is 0.211. The zero-order chi connectivity index (χ0) is 14.3. The third kappa shape index (κ3) is 9.77. The molecule has 0 bridgehead atoms. The van der Waals surface area contributed by atoms with Gasteiger partial charge in [-0.05, 0) is 24.3 Å². The van der Waals surface area contributed by atoms with E-state index in [-0.39, 0.29) is 0 Å². The van der Waals surface area contributed by atoms with Gasteiger partial charge in [-0.1, -0.05) is 77.9 Å². The fourth-order valence-electron chi connectivity index (χ4n) is 2.55. The lowest BCUT2D eigenvalue weighted by molar-refractivity contribution is 0.459. The van der Waals surface area contributed by atoms with E-state index in [1.807, 2.05) is 12.3 Å². The highest BCUT2D eigenvalue weighted by Gasteiger charge is 2.11. The molecule has 3 N–H and O–H groups in total. The van der Waals surface area contributed by atoms with Crippen molar-refractivity contribution in [1.82, 2.24) is 5.43 Å². The summed E-state index contributed by atoms with van der Waals surface area (Å²) in [5.41, 5.74) is 3.94. The van der Waals surface area contributed by atoms with Gasteiger partial charge in [0, 0.05) is 6.20 Å². The Kier molecular flexibility index (Phi) is 13.1. The number of rotatable bonds is 13. The van der Waals surface area contributed by atoms with Crippen LogP contribution in [-0.2, 0) is 0 Å². The minimum absolute atomic E-state index is 0.627. The van der Waals surface area contributed by atoms with E-state index in [4.69, 9.17) is 5.84 Å². The highest BCUT2D eigenvalue weighted by molar-refractivity contribution is 5.18. The van der Waals surface area contributed by atoms with Crippen LogP contribution >= 0.6 is 0 Å². The maximum absolute atomic E-state index is 5.42. The minimum atomic E-state index is 0.627. The summed E-state index contributed by atoms with van der Waals surface area (Å²) in [5.74, 6) is 6.05. The molecule has 0 rings (SSSR count). The molecule has 0 unspecified atom stereocenters. The van der Waals surface area contributed by atoms with Gasteiger partial charge in [-0.3, -0.25) is 5.84 Å². The van der Waals surface area contributed by atoms with Crippen molar-refractivity contribution < 1.29 is 0 Å². The summed E-state index contributed by atoms with van der Waals surface area (Å²) < 4.78 is 0. The molecule has 0 aromatic heterocycles. The Morgan fingerprint density at radius 3 is 1.89 bits per heavy atom. The van der Waals surface area contributed by atoms with Gasteiger partial charge in [-0.2, -0.15) is 0 Å². The Labute approximate surface area is 120 Å². The first kappa shape index (κ1) is 18.2. The molecular weight excluding hydrogens is 232 g/mol. The molecule has 2 nitrogen and oxygen atoms in total. The molecule has 112 valence electrons. The summed E-state index contributed by atoms with van der Waals surface area (Å²) >= 11 is 0. The van der Waals surface area contributed by atoms with Crippen LogP contribution in [0.25, 0.3) is 0 Å². The molecular formula is C17H34N2. The van der Waals surface area contributed by atoms with Crippen LogP contribution in [0.2, 0.25) is 0 Å². The van der Waals surface area contributed by atoms with Crippen LogP contribution in [0.15, 0.2) is 24.4 Å². The van der Waals surface area contributed by atoms with Gasteiger partial charge in [0.2, 0.25) is 0 Å². The number of hydrogen-bond acceptors (Lipinski definition) is 2. The molecule has 0 aromatic carbocycles. The molecule has 0 aliphatic rings. The van der Waals surface area contributed by atoms with Crippen molar-refractivity contribution >= 4 is 0 Å². The summed E-state index contributed by atoms with van der Waals surface area (Å²) in [6.45, 7) is 8.44. The van der Waals surface area contributed by atoms with Gasteiger partial charge in [0.05, 0.1) is 0 Å². The molecule has 0 saturated heterocycles. The largest absolute Gasteiger partial charge is 0.331 e. The Morgan fingerprint density at radius 1 is 1.00 bits per heavy atom. The van der Waals surface area contributed by atoms with Gasteiger partial charge in [-0.15, -0.1) is 0 Å². The number of nitrogens with two attached hydrogens (primary N) is 1. The van der Waals surface area contributed by atoms with E-state index in [1.54, 1.807) is 0 Å². The van der Waals surface area contributed by atoms with Crippen molar-refractivity contribution in [2.45, 2.75) is 78.1 Å². The lowest BCUT2D eigenvalue weighted by Crippen LogP contribution is -2.16. The lowest BCUT2D eigenvalue weighted by Gasteiger charge is -2.18. The van der Waals surface area contributed by atoms with Crippen molar-refractivity contribution in [3.8, 4) is 0 Å². The lowest BCUT2D eigenvalue weighted by atomic mass is 9.88. The van der Waals surface area contributed by atoms with Crippen LogP contribution in [-0.4, -0.2) is 0 Å². The van der Waals surface area contributed by atoms with Crippen molar-refractivity contribution in [2.75, 3.05) is 0 Å². The van der Waals surface area contributed by atoms with E-state index >= 15 is 0 Å². The van der Waals surface area contributed by atoms with E-state index < -0.39 is 0 Å². The zero-order valence-corrected chi connectivity index (χ0v) is 13.1. The first-order valence-electron chi connectivity index (χ1n) is 8.08. The van der Waals surface area contributed by atoms with Gasteiger partial charge < -0.3 is 5.43 Å². The van der Waals surface area contributed by atoms with Gasteiger partial charge in [0.1, 0.15) is 0 Å². The predicted octanol–water partition coefficient (Wildman–Crippen LogP) is 5.08. The molecule has 0 fully saturated rings. The second-order valence-electron chi connectivity index (χ2n) is 5.41. The van der Waals surface area contributed by atoms with Gasteiger partial charge >= 0.3 is 0 Å². The summed E-state index contributed by atoms with van der Waals surface area (Å²) in [6, 6.07) is 0. The van der Waals surface area contributed by atoms with Crippen LogP contribution in [0.5, 0.6) is 0 Å². The average Bonchev–Trinajstić information content (AvgIpc) is 2.43. The molecule has 0 amide bonds. The number of hydrogen-bond donors (Lipinski definition) is 2. The first-order valence-corrected chi connectivity index (χ1v) is 8.08. The predicted molar refractivity (Wildman–Crippen MR) is 86.6 cm³/mol. The molecule has 0 saturated carbocycles. The molecule has 0 atom stereocenters. The number of hydrazine groups is 1. The molecule has 2 heteroatoms. The summed E-state index contributed by atoms with van der Waals surface area (Å²) in [6.07, 6.45) is 17.1. The van der Waals surface area contributed by atoms with Crippen LogP contribution in [0.1, 0.15) is 78.1 Å². The molecule has 0 spiro atoms. The molecule has 19 heavy (non-hydrogen) atoms. The Hall–Kier alpha value is -0.760. The maximum Gasteiger partial charge on any atom is 0.0157 e. The topological polar surface area (TPSA) is 38.0 Å². The first-order chi connectivity index (χ1) is 9.29. The fraction of sp³-hybridized carbons (Fsp3) is 0.765. The molecule has 0 aromatic rings. The third-order valence-corrected chi connectivity index (χ3v) is 3.77. The molecule has 0 radical (unpaired) electrons. The monoisotopic (exact) mass is 266 g/mol. The van der Waals surface area contributed by atoms with Crippen LogP contribution in [0.3, 0.4) is 0 Å². The second kappa shape index (κ2) is 13.7. The normalized spacial score (nSPS) is 11.9. The fourth-order valence-corrected chi connectivity index (χ4v) is 2.55. The van der Waals surface area contributed by atoms with Gasteiger partial charge in [-0.25, -0.2) is 0 Å². The van der Waals surface area contributed by atoms with Crippen molar-refractivity contribution in [3.05, 3.63) is 24.4 Å². The van der Waals surface area contributed by atoms with Crippen LogP contribution in [0.4, 0.5) is 0 Å². The summed E-state index contributed by atoms with van der Waals surface area (Å²) in [5, 5.41) is 0. The van der Waals surface area contributed by atoms with Gasteiger partial charge in [0.15, 0.2) is 0 Å². The SMILES string of the molecule is C=C/C(=C\NN)C(CCCCCC)CCCCCC. The maximum atomic E-state index is 5.42. The van der Waals surface area contributed by atoms with E-state index in [0.717, 1.165) is 0 Å². The van der Waals surface area contributed by atoms with Crippen LogP contribution < -0.4 is 11.3 Å². The van der Waals surface area contributed by atoms with E-state index in [0.29, 0.717) is 5.92 Å². The van der Waals surface area contributed by atoms with Gasteiger partial charge in [0.25, 0.3) is 0 Å². The second-order valence-corrected chi connectivity index (χ2v) is 5.41. The number of nitrogens with one attached hydrogen (secondary N) is 1. The molecule has 0 aliphatic carbocycles. The Bertz CT molecular complexity index is 221. The molecule has 0 aliphatic heterocycles. The average molecular weight is 266 g/mol. The third-order valence-electron chi connectivity index (χ3n) is 3.77. The zero-order valence-electron chi connectivity index (χ0n) is 13.1. The van der Waals surface area contributed by atoms with Crippen molar-refractivity contribution in [3.63, 3.8) is 0 Å². The van der Waals surface area contributed by atoms with Crippen LogP contribution in [0, 0.1) is 5.92 Å². The van der Waals surface area contributed by atoms with E-state index in [2.05, 4.69) is 25.9 Å². The standard InChI is InChI=1S/C17H34N2/c1-4-7-9-11-13-17(14-12-10-8-5-2)16(6-3)15-19-18/h6,15,17,19H,3-5,7-14,18H2,1-2H3/b16-15+.